The van der Waals surface area contributed by atoms with E-state index in [9.17, 15) is 8.42 Å². The summed E-state index contributed by atoms with van der Waals surface area (Å²) in [6.07, 6.45) is 0. The summed E-state index contributed by atoms with van der Waals surface area (Å²) in [4.78, 5) is 2.28. The number of nitrogens with zero attached hydrogens (tertiary/aromatic N) is 1. The molecule has 1 fully saturated rings. The molecule has 0 amide bonds. The number of halogens is 2. The summed E-state index contributed by atoms with van der Waals surface area (Å²) >= 11 is 12.2. The van der Waals surface area contributed by atoms with Crippen molar-refractivity contribution in [3.63, 3.8) is 0 Å². The van der Waals surface area contributed by atoms with Gasteiger partial charge in [0.15, 0.2) is 0 Å². The Morgan fingerprint density at radius 1 is 1.08 bits per heavy atom. The molecule has 0 spiro atoms. The third-order valence-electron chi connectivity index (χ3n) is 4.31. The van der Waals surface area contributed by atoms with Crippen LogP contribution in [0.1, 0.15) is 11.6 Å². The van der Waals surface area contributed by atoms with E-state index < -0.39 is 10.0 Å². The Balaban J connectivity index is 1.83. The molecule has 140 valence electrons. The second-order valence-electron chi connectivity index (χ2n) is 6.00. The van der Waals surface area contributed by atoms with Gasteiger partial charge in [-0.1, -0.05) is 47.5 Å². The van der Waals surface area contributed by atoms with Crippen LogP contribution in [0, 0.1) is 0 Å². The molecule has 26 heavy (non-hydrogen) atoms. The summed E-state index contributed by atoms with van der Waals surface area (Å²) in [5, 5.41) is 0.820. The smallest absolute Gasteiger partial charge is 0.242 e. The molecular formula is C18H20Cl2N2O3S. The van der Waals surface area contributed by atoms with Gasteiger partial charge in [0.1, 0.15) is 4.90 Å². The van der Waals surface area contributed by atoms with Crippen LogP contribution in [0.25, 0.3) is 0 Å². The molecular weight excluding hydrogens is 395 g/mol. The van der Waals surface area contributed by atoms with E-state index in [1.165, 1.54) is 6.07 Å². The lowest BCUT2D eigenvalue weighted by atomic mass is 10.1. The van der Waals surface area contributed by atoms with E-state index >= 15 is 0 Å². The standard InChI is InChI=1S/C18H20Cl2N2O3S/c19-15-5-3-4-14(12-15)17(22-8-10-25-11-9-22)13-21-26(23,24)18-7-2-1-6-16(18)20/h1-7,12,17,21H,8-11,13H2. The molecule has 1 unspecified atom stereocenters. The lowest BCUT2D eigenvalue weighted by Gasteiger charge is -2.35. The van der Waals surface area contributed by atoms with E-state index in [0.717, 1.165) is 18.7 Å². The molecule has 2 aromatic rings. The fraction of sp³-hybridized carbons (Fsp3) is 0.333. The third-order valence-corrected chi connectivity index (χ3v) is 6.47. The van der Waals surface area contributed by atoms with E-state index in [-0.39, 0.29) is 22.5 Å². The summed E-state index contributed by atoms with van der Waals surface area (Å²) in [5.41, 5.74) is 0.959. The fourth-order valence-corrected chi connectivity index (χ4v) is 4.74. The van der Waals surface area contributed by atoms with Crippen LogP contribution in [0.15, 0.2) is 53.4 Å². The van der Waals surface area contributed by atoms with E-state index in [2.05, 4.69) is 9.62 Å². The van der Waals surface area contributed by atoms with Gasteiger partial charge in [-0.25, -0.2) is 13.1 Å². The molecule has 1 saturated heterocycles. The first-order valence-electron chi connectivity index (χ1n) is 8.29. The Hall–Kier alpha value is -1.15. The third kappa shape index (κ3) is 4.76. The van der Waals surface area contributed by atoms with Crippen LogP contribution >= 0.6 is 23.2 Å². The molecule has 1 heterocycles. The van der Waals surface area contributed by atoms with Crippen LogP contribution in [-0.4, -0.2) is 46.2 Å². The van der Waals surface area contributed by atoms with Gasteiger partial charge >= 0.3 is 0 Å². The van der Waals surface area contributed by atoms with Crippen molar-refractivity contribution in [2.45, 2.75) is 10.9 Å². The molecule has 0 radical (unpaired) electrons. The first-order chi connectivity index (χ1) is 12.5. The Kier molecular flexibility index (Phi) is 6.55. The van der Waals surface area contributed by atoms with Crippen molar-refractivity contribution in [3.05, 3.63) is 64.1 Å². The molecule has 5 nitrogen and oxygen atoms in total. The molecule has 3 rings (SSSR count). The highest BCUT2D eigenvalue weighted by atomic mass is 35.5. The van der Waals surface area contributed by atoms with Crippen molar-refractivity contribution in [2.24, 2.45) is 0 Å². The average molecular weight is 415 g/mol. The zero-order chi connectivity index (χ0) is 18.6. The zero-order valence-corrected chi connectivity index (χ0v) is 16.4. The number of sulfonamides is 1. The monoisotopic (exact) mass is 414 g/mol. The number of hydrogen-bond donors (Lipinski definition) is 1. The molecule has 8 heteroatoms. The predicted octanol–water partition coefficient (Wildman–Crippen LogP) is 3.35. The maximum Gasteiger partial charge on any atom is 0.242 e. The lowest BCUT2D eigenvalue weighted by molar-refractivity contribution is 0.0172. The van der Waals surface area contributed by atoms with Crippen molar-refractivity contribution >= 4 is 33.2 Å². The van der Waals surface area contributed by atoms with Crippen LogP contribution in [0.3, 0.4) is 0 Å². The van der Waals surface area contributed by atoms with Crippen molar-refractivity contribution in [1.29, 1.82) is 0 Å². The molecule has 0 aromatic heterocycles. The topological polar surface area (TPSA) is 58.6 Å². The number of morpholine rings is 1. The van der Waals surface area contributed by atoms with Gasteiger partial charge in [-0.05, 0) is 29.8 Å². The number of rotatable bonds is 6. The fourth-order valence-electron chi connectivity index (χ4n) is 2.99. The highest BCUT2D eigenvalue weighted by molar-refractivity contribution is 7.89. The number of benzene rings is 2. The second-order valence-corrected chi connectivity index (χ2v) is 8.58. The number of ether oxygens (including phenoxy) is 1. The molecule has 1 N–H and O–H groups in total. The van der Waals surface area contributed by atoms with Gasteiger partial charge in [0.25, 0.3) is 0 Å². The van der Waals surface area contributed by atoms with Crippen LogP contribution in [0.4, 0.5) is 0 Å². The lowest BCUT2D eigenvalue weighted by Crippen LogP contribution is -2.43. The second kappa shape index (κ2) is 8.69. The molecule has 1 atom stereocenters. The highest BCUT2D eigenvalue weighted by Crippen LogP contribution is 2.25. The minimum absolute atomic E-state index is 0.0773. The minimum atomic E-state index is -3.72. The summed E-state index contributed by atoms with van der Waals surface area (Å²) in [5.74, 6) is 0. The quantitative estimate of drug-likeness (QED) is 0.786. The van der Waals surface area contributed by atoms with Crippen molar-refractivity contribution in [1.82, 2.24) is 9.62 Å². The average Bonchev–Trinajstić information content (AvgIpc) is 2.63. The first kappa shape index (κ1) is 19.6. The molecule has 0 saturated carbocycles. The van der Waals surface area contributed by atoms with E-state index in [4.69, 9.17) is 27.9 Å². The SMILES string of the molecule is O=S(=O)(NCC(c1cccc(Cl)c1)N1CCOCC1)c1ccccc1Cl. The van der Waals surface area contributed by atoms with E-state index in [0.29, 0.717) is 18.2 Å². The summed E-state index contributed by atoms with van der Waals surface area (Å²) < 4.78 is 33.5. The van der Waals surface area contributed by atoms with Crippen molar-refractivity contribution in [2.75, 3.05) is 32.8 Å². The van der Waals surface area contributed by atoms with Gasteiger partial charge in [-0.3, -0.25) is 4.90 Å². The van der Waals surface area contributed by atoms with E-state index in [1.54, 1.807) is 24.3 Å². The highest BCUT2D eigenvalue weighted by Gasteiger charge is 2.26. The Labute approximate surface area is 163 Å². The minimum Gasteiger partial charge on any atom is -0.379 e. The largest absolute Gasteiger partial charge is 0.379 e. The normalized spacial score (nSPS) is 17.2. The van der Waals surface area contributed by atoms with E-state index in [1.807, 2.05) is 18.2 Å². The van der Waals surface area contributed by atoms with Gasteiger partial charge in [-0.15, -0.1) is 0 Å². The molecule has 1 aliphatic heterocycles. The maximum absolute atomic E-state index is 12.7. The van der Waals surface area contributed by atoms with Crippen LogP contribution in [0.5, 0.6) is 0 Å². The van der Waals surface area contributed by atoms with Gasteiger partial charge in [-0.2, -0.15) is 0 Å². The predicted molar refractivity (Wildman–Crippen MR) is 103 cm³/mol. The Morgan fingerprint density at radius 3 is 2.50 bits per heavy atom. The molecule has 0 aliphatic carbocycles. The van der Waals surface area contributed by atoms with Crippen molar-refractivity contribution < 1.29 is 13.2 Å². The van der Waals surface area contributed by atoms with Crippen LogP contribution < -0.4 is 4.72 Å². The summed E-state index contributed by atoms with van der Waals surface area (Å²) in [6.45, 7) is 2.91. The van der Waals surface area contributed by atoms with Gasteiger partial charge < -0.3 is 4.74 Å². The van der Waals surface area contributed by atoms with Gasteiger partial charge in [0, 0.05) is 30.7 Å². The molecule has 1 aliphatic rings. The Bertz CT molecular complexity index is 855. The van der Waals surface area contributed by atoms with Gasteiger partial charge in [0.2, 0.25) is 10.0 Å². The Morgan fingerprint density at radius 2 is 1.81 bits per heavy atom. The van der Waals surface area contributed by atoms with Crippen molar-refractivity contribution in [3.8, 4) is 0 Å². The van der Waals surface area contributed by atoms with Gasteiger partial charge in [0.05, 0.1) is 18.2 Å². The molecule has 2 aromatic carbocycles. The van der Waals surface area contributed by atoms with Crippen LogP contribution in [0.2, 0.25) is 10.0 Å². The first-order valence-corrected chi connectivity index (χ1v) is 10.5. The number of hydrogen-bond acceptors (Lipinski definition) is 4. The number of nitrogens with one attached hydrogen (secondary N) is 1. The van der Waals surface area contributed by atoms with Crippen LogP contribution in [-0.2, 0) is 14.8 Å². The zero-order valence-electron chi connectivity index (χ0n) is 14.1. The summed E-state index contributed by atoms with van der Waals surface area (Å²) in [6, 6.07) is 13.8. The molecule has 0 bridgehead atoms. The maximum atomic E-state index is 12.7. The summed E-state index contributed by atoms with van der Waals surface area (Å²) in [7, 11) is -3.72.